The van der Waals surface area contributed by atoms with E-state index in [1.165, 1.54) is 16.0 Å². The maximum absolute atomic E-state index is 6.93. The number of benzene rings is 2. The van der Waals surface area contributed by atoms with Crippen LogP contribution in [0.4, 0.5) is 0 Å². The first kappa shape index (κ1) is 22.5. The zero-order valence-electron chi connectivity index (χ0n) is 18.5. The van der Waals surface area contributed by atoms with Gasteiger partial charge < -0.3 is 9.47 Å². The number of para-hydroxylation sites is 1. The van der Waals surface area contributed by atoms with Gasteiger partial charge in [0.1, 0.15) is 4.83 Å². The highest BCUT2D eigenvalue weighted by Gasteiger charge is 2.28. The molecule has 2 aromatic carbocycles. The molecule has 0 atom stereocenters. The molecular formula is C26H24Cl2N2O2S. The van der Waals surface area contributed by atoms with Gasteiger partial charge in [-0.3, -0.25) is 4.90 Å². The van der Waals surface area contributed by atoms with Crippen LogP contribution in [0.25, 0.3) is 21.3 Å². The van der Waals surface area contributed by atoms with Crippen LogP contribution in [-0.4, -0.2) is 30.6 Å². The van der Waals surface area contributed by atoms with Gasteiger partial charge in [0.05, 0.1) is 30.8 Å². The van der Waals surface area contributed by atoms with Gasteiger partial charge in [-0.05, 0) is 23.6 Å². The van der Waals surface area contributed by atoms with Crippen molar-refractivity contribution in [2.45, 2.75) is 25.4 Å². The number of halogens is 2. The number of ether oxygens (including phenoxy) is 2. The molecule has 0 spiro atoms. The molecule has 170 valence electrons. The standard InChI is InChI=1S/C26H24Cl2N2O2S/c1-31-20-10-6-9-18(25(20)32-2)22-23-17-11-12-30(14-16-7-4-3-5-8-16)15-21(17)33-26(23)29-19(13-27)24(22)28/h3-10H,11-15H2,1-2H3. The summed E-state index contributed by atoms with van der Waals surface area (Å²) in [4.78, 5) is 9.66. The van der Waals surface area contributed by atoms with Gasteiger partial charge in [-0.15, -0.1) is 22.9 Å². The van der Waals surface area contributed by atoms with Crippen molar-refractivity contribution in [2.75, 3.05) is 20.8 Å². The third kappa shape index (κ3) is 4.08. The minimum absolute atomic E-state index is 0.247. The van der Waals surface area contributed by atoms with Crippen LogP contribution in [0, 0.1) is 0 Å². The van der Waals surface area contributed by atoms with Crippen LogP contribution in [0.1, 0.15) is 21.7 Å². The van der Waals surface area contributed by atoms with E-state index in [0.717, 1.165) is 47.4 Å². The fraction of sp³-hybridized carbons (Fsp3) is 0.269. The summed E-state index contributed by atoms with van der Waals surface area (Å²) in [6.45, 7) is 2.82. The van der Waals surface area contributed by atoms with Crippen LogP contribution < -0.4 is 9.47 Å². The van der Waals surface area contributed by atoms with E-state index in [4.69, 9.17) is 37.7 Å². The average molecular weight is 499 g/mol. The topological polar surface area (TPSA) is 34.6 Å². The smallest absolute Gasteiger partial charge is 0.168 e. The Hall–Kier alpha value is -2.31. The van der Waals surface area contributed by atoms with Crippen molar-refractivity contribution in [2.24, 2.45) is 0 Å². The number of methoxy groups -OCH3 is 2. The summed E-state index contributed by atoms with van der Waals surface area (Å²) in [6, 6.07) is 16.5. The molecule has 1 aliphatic rings. The van der Waals surface area contributed by atoms with E-state index in [-0.39, 0.29) is 5.88 Å². The minimum atomic E-state index is 0.247. The molecule has 0 saturated carbocycles. The molecule has 33 heavy (non-hydrogen) atoms. The fourth-order valence-corrected chi connectivity index (χ4v) is 6.46. The van der Waals surface area contributed by atoms with Crippen molar-refractivity contribution < 1.29 is 9.47 Å². The Morgan fingerprint density at radius 1 is 1.06 bits per heavy atom. The van der Waals surface area contributed by atoms with Crippen LogP contribution >= 0.6 is 34.5 Å². The minimum Gasteiger partial charge on any atom is -0.493 e. The predicted molar refractivity (Wildman–Crippen MR) is 137 cm³/mol. The SMILES string of the molecule is COc1cccc(-c2c(Cl)c(CCl)nc3sc4c(c23)CCN(Cc2ccccc2)C4)c1OC. The third-order valence-electron chi connectivity index (χ3n) is 6.12. The van der Waals surface area contributed by atoms with Gasteiger partial charge >= 0.3 is 0 Å². The summed E-state index contributed by atoms with van der Waals surface area (Å²) in [5.74, 6) is 1.58. The quantitative estimate of drug-likeness (QED) is 0.270. The molecule has 4 nitrogen and oxygen atoms in total. The first-order valence-electron chi connectivity index (χ1n) is 10.8. The largest absolute Gasteiger partial charge is 0.493 e. The average Bonchev–Trinajstić information content (AvgIpc) is 3.21. The van der Waals surface area contributed by atoms with Gasteiger partial charge in [-0.25, -0.2) is 4.98 Å². The maximum atomic E-state index is 6.93. The van der Waals surface area contributed by atoms with Crippen LogP contribution in [-0.2, 0) is 25.4 Å². The summed E-state index contributed by atoms with van der Waals surface area (Å²) in [5, 5.41) is 1.69. The molecule has 7 heteroatoms. The Morgan fingerprint density at radius 3 is 2.61 bits per heavy atom. The van der Waals surface area contributed by atoms with E-state index >= 15 is 0 Å². The lowest BCUT2D eigenvalue weighted by molar-refractivity contribution is 0.249. The Balaban J connectivity index is 1.65. The predicted octanol–water partition coefficient (Wildman–Crippen LogP) is 6.93. The highest BCUT2D eigenvalue weighted by atomic mass is 35.5. The monoisotopic (exact) mass is 498 g/mol. The van der Waals surface area contributed by atoms with E-state index in [1.54, 1.807) is 25.6 Å². The van der Waals surface area contributed by atoms with E-state index < -0.39 is 0 Å². The zero-order chi connectivity index (χ0) is 22.9. The molecule has 0 unspecified atom stereocenters. The second kappa shape index (κ2) is 9.51. The van der Waals surface area contributed by atoms with Crippen molar-refractivity contribution in [1.29, 1.82) is 0 Å². The number of thiophene rings is 1. The Bertz CT molecular complexity index is 1310. The number of nitrogens with zero attached hydrogens (tertiary/aromatic N) is 2. The molecule has 0 bridgehead atoms. The first-order chi connectivity index (χ1) is 16.1. The summed E-state index contributed by atoms with van der Waals surface area (Å²) >= 11 is 14.9. The van der Waals surface area contributed by atoms with E-state index in [0.29, 0.717) is 22.2 Å². The van der Waals surface area contributed by atoms with Crippen LogP contribution in [0.3, 0.4) is 0 Å². The molecule has 1 aliphatic heterocycles. The lowest BCUT2D eigenvalue weighted by Gasteiger charge is -2.27. The number of fused-ring (bicyclic) bond motifs is 3. The normalized spacial score (nSPS) is 13.8. The van der Waals surface area contributed by atoms with Crippen molar-refractivity contribution >= 4 is 44.8 Å². The van der Waals surface area contributed by atoms with E-state index in [9.17, 15) is 0 Å². The molecule has 0 saturated heterocycles. The maximum Gasteiger partial charge on any atom is 0.168 e. The summed E-state index contributed by atoms with van der Waals surface area (Å²) in [7, 11) is 3.30. The molecule has 5 rings (SSSR count). The molecule has 0 amide bonds. The number of rotatable bonds is 6. The highest BCUT2D eigenvalue weighted by Crippen LogP contribution is 2.48. The Morgan fingerprint density at radius 2 is 1.88 bits per heavy atom. The van der Waals surface area contributed by atoms with Gasteiger partial charge in [0, 0.05) is 41.0 Å². The zero-order valence-corrected chi connectivity index (χ0v) is 20.9. The van der Waals surface area contributed by atoms with Gasteiger partial charge in [0.25, 0.3) is 0 Å². The summed E-state index contributed by atoms with van der Waals surface area (Å²) in [5.41, 5.74) is 5.17. The van der Waals surface area contributed by atoms with Crippen molar-refractivity contribution in [3.8, 4) is 22.6 Å². The molecule has 0 radical (unpaired) electrons. The molecule has 2 aromatic heterocycles. The van der Waals surface area contributed by atoms with Gasteiger partial charge in [-0.1, -0.05) is 54.1 Å². The highest BCUT2D eigenvalue weighted by molar-refractivity contribution is 7.19. The Labute approximate surface area is 207 Å². The Kier molecular flexibility index (Phi) is 6.48. The van der Waals surface area contributed by atoms with Crippen molar-refractivity contribution in [1.82, 2.24) is 9.88 Å². The summed E-state index contributed by atoms with van der Waals surface area (Å²) in [6.07, 6.45) is 0.944. The molecule has 0 aliphatic carbocycles. The van der Waals surface area contributed by atoms with Crippen LogP contribution in [0.15, 0.2) is 48.5 Å². The number of hydrogen-bond donors (Lipinski definition) is 0. The second-order valence-corrected chi connectivity index (χ2v) is 9.78. The molecule has 0 N–H and O–H groups in total. The molecular weight excluding hydrogens is 475 g/mol. The summed E-state index contributed by atoms with van der Waals surface area (Å²) < 4.78 is 11.3. The van der Waals surface area contributed by atoms with Gasteiger partial charge in [-0.2, -0.15) is 0 Å². The van der Waals surface area contributed by atoms with Gasteiger partial charge in [0.2, 0.25) is 0 Å². The molecule has 0 fully saturated rings. The lowest BCUT2D eigenvalue weighted by atomic mass is 9.95. The van der Waals surface area contributed by atoms with Crippen LogP contribution in [0.2, 0.25) is 5.02 Å². The third-order valence-corrected chi connectivity index (χ3v) is 7.90. The van der Waals surface area contributed by atoms with Crippen LogP contribution in [0.5, 0.6) is 11.5 Å². The van der Waals surface area contributed by atoms with Gasteiger partial charge in [0.15, 0.2) is 11.5 Å². The number of hydrogen-bond acceptors (Lipinski definition) is 5. The number of aromatic nitrogens is 1. The fourth-order valence-electron chi connectivity index (χ4n) is 4.61. The van der Waals surface area contributed by atoms with Crippen molar-refractivity contribution in [3.63, 3.8) is 0 Å². The number of alkyl halides is 1. The second-order valence-electron chi connectivity index (χ2n) is 8.05. The molecule has 4 aromatic rings. The van der Waals surface area contributed by atoms with E-state index in [2.05, 4.69) is 35.2 Å². The van der Waals surface area contributed by atoms with E-state index in [1.807, 2.05) is 18.2 Å². The molecule has 3 heterocycles. The first-order valence-corrected chi connectivity index (χ1v) is 12.5. The lowest BCUT2D eigenvalue weighted by Crippen LogP contribution is -2.29. The number of pyridine rings is 1. The van der Waals surface area contributed by atoms with Crippen molar-refractivity contribution in [3.05, 3.63) is 75.3 Å².